The molecule has 0 bridgehead atoms. The van der Waals surface area contributed by atoms with Gasteiger partial charge < -0.3 is 14.6 Å². The summed E-state index contributed by atoms with van der Waals surface area (Å²) >= 11 is 0. The highest BCUT2D eigenvalue weighted by Crippen LogP contribution is 2.52. The highest BCUT2D eigenvalue weighted by Gasteiger charge is 2.52. The Bertz CT molecular complexity index is 1300. The first kappa shape index (κ1) is 21.0. The summed E-state index contributed by atoms with van der Waals surface area (Å²) in [5.74, 6) is -2.56. The van der Waals surface area contributed by atoms with Crippen LogP contribution in [-0.2, 0) is 16.6 Å². The lowest BCUT2D eigenvalue weighted by atomic mass is 9.88. The number of pyridine rings is 1. The van der Waals surface area contributed by atoms with Gasteiger partial charge in [0.1, 0.15) is 11.6 Å². The van der Waals surface area contributed by atoms with Crippen LogP contribution in [-0.4, -0.2) is 28.1 Å². The first-order valence-electron chi connectivity index (χ1n) is 10.1. The second-order valence-corrected chi connectivity index (χ2v) is 8.03. The first-order chi connectivity index (χ1) is 15.7. The molecule has 168 valence electrons. The summed E-state index contributed by atoms with van der Waals surface area (Å²) < 4.78 is 49.6. The number of rotatable bonds is 6. The minimum Gasteiger partial charge on any atom is -0.478 e. The number of hydrogen-bond acceptors (Lipinski definition) is 5. The van der Waals surface area contributed by atoms with Gasteiger partial charge in [0.25, 0.3) is 0 Å². The zero-order chi connectivity index (χ0) is 23.4. The fourth-order valence-corrected chi connectivity index (χ4v) is 4.02. The maximum atomic E-state index is 14.1. The average Bonchev–Trinajstić information content (AvgIpc) is 3.50. The van der Waals surface area contributed by atoms with Crippen molar-refractivity contribution >= 4 is 11.8 Å². The number of ether oxygens (including phenoxy) is 2. The van der Waals surface area contributed by atoms with E-state index in [9.17, 15) is 22.8 Å². The molecular weight excluding hydrogens is 439 g/mol. The molecule has 6 nitrogen and oxygen atoms in total. The lowest BCUT2D eigenvalue weighted by molar-refractivity contribution is -0.286. The van der Waals surface area contributed by atoms with Gasteiger partial charge in [0, 0.05) is 17.7 Å². The van der Waals surface area contributed by atoms with Crippen LogP contribution in [0.5, 0.6) is 11.5 Å². The largest absolute Gasteiger partial charge is 0.586 e. The molecule has 0 spiro atoms. The van der Waals surface area contributed by atoms with E-state index in [0.717, 1.165) is 12.1 Å². The molecule has 2 aliphatic rings. The van der Waals surface area contributed by atoms with E-state index < -0.39 is 29.1 Å². The van der Waals surface area contributed by atoms with Gasteiger partial charge in [-0.25, -0.2) is 9.18 Å². The molecule has 1 N–H and O–H groups in total. The van der Waals surface area contributed by atoms with Gasteiger partial charge in [-0.05, 0) is 54.8 Å². The summed E-state index contributed by atoms with van der Waals surface area (Å²) in [4.78, 5) is 28.6. The Labute approximate surface area is 185 Å². The second kappa shape index (κ2) is 7.33. The van der Waals surface area contributed by atoms with E-state index in [2.05, 4.69) is 14.5 Å². The molecule has 1 saturated carbocycles. The summed E-state index contributed by atoms with van der Waals surface area (Å²) in [6.45, 7) is 0. The number of carboxylic acids is 1. The molecule has 0 unspecified atom stereocenters. The highest BCUT2D eigenvalue weighted by atomic mass is 19.3. The van der Waals surface area contributed by atoms with E-state index in [-0.39, 0.29) is 23.7 Å². The summed E-state index contributed by atoms with van der Waals surface area (Å²) in [6, 6.07) is 13.0. The number of carbonyl (C=O) groups excluding carboxylic acids is 1. The van der Waals surface area contributed by atoms with Crippen LogP contribution in [0.15, 0.2) is 54.6 Å². The predicted molar refractivity (Wildman–Crippen MR) is 109 cm³/mol. The van der Waals surface area contributed by atoms with Crippen molar-refractivity contribution in [1.82, 2.24) is 4.98 Å². The third-order valence-corrected chi connectivity index (χ3v) is 5.88. The average molecular weight is 455 g/mol. The smallest absolute Gasteiger partial charge is 0.478 e. The Morgan fingerprint density at radius 1 is 1.00 bits per heavy atom. The van der Waals surface area contributed by atoms with Crippen molar-refractivity contribution in [3.8, 4) is 22.8 Å². The lowest BCUT2D eigenvalue weighted by Crippen LogP contribution is -2.26. The van der Waals surface area contributed by atoms with E-state index >= 15 is 0 Å². The summed E-state index contributed by atoms with van der Waals surface area (Å²) in [5, 5.41) is 8.98. The summed E-state index contributed by atoms with van der Waals surface area (Å²) in [7, 11) is 0. The fourth-order valence-electron chi connectivity index (χ4n) is 4.02. The van der Waals surface area contributed by atoms with Crippen molar-refractivity contribution in [3.63, 3.8) is 0 Å². The van der Waals surface area contributed by atoms with E-state index in [1.165, 1.54) is 18.2 Å². The zero-order valence-electron chi connectivity index (χ0n) is 17.0. The maximum absolute atomic E-state index is 14.1. The number of carbonyl (C=O) groups is 2. The van der Waals surface area contributed by atoms with Gasteiger partial charge in [-0.1, -0.05) is 18.2 Å². The molecule has 0 atom stereocenters. The number of nitrogens with zero attached hydrogens (tertiary/aromatic N) is 1. The molecule has 5 rings (SSSR count). The van der Waals surface area contributed by atoms with Crippen LogP contribution >= 0.6 is 0 Å². The van der Waals surface area contributed by atoms with Gasteiger partial charge in [0.15, 0.2) is 11.5 Å². The molecule has 0 radical (unpaired) electrons. The number of fused-ring (bicyclic) bond motifs is 1. The molecule has 1 aliphatic heterocycles. The monoisotopic (exact) mass is 455 g/mol. The standard InChI is InChI=1S/C24H16F3NO5/c25-17-10-13(4-6-16(17)22(30)31)18-3-1-2-15(28-18)12-21(29)23(8-9-23)14-5-7-19-20(11-14)33-24(26,27)32-19/h1-7,10-11H,8-9,12H2,(H,30,31). The van der Waals surface area contributed by atoms with Crippen LogP contribution in [0.4, 0.5) is 13.2 Å². The molecule has 0 saturated heterocycles. The third-order valence-electron chi connectivity index (χ3n) is 5.88. The van der Waals surface area contributed by atoms with Crippen molar-refractivity contribution in [3.05, 3.63) is 77.2 Å². The number of halogens is 3. The number of alkyl halides is 2. The van der Waals surface area contributed by atoms with Crippen LogP contribution in [0.2, 0.25) is 0 Å². The number of carboxylic acid groups (broad SMARTS) is 1. The molecule has 1 aliphatic carbocycles. The van der Waals surface area contributed by atoms with Crippen molar-refractivity contribution < 1.29 is 37.3 Å². The Morgan fingerprint density at radius 2 is 1.76 bits per heavy atom. The van der Waals surface area contributed by atoms with Crippen LogP contribution in [0.1, 0.15) is 34.5 Å². The highest BCUT2D eigenvalue weighted by molar-refractivity contribution is 5.94. The molecule has 33 heavy (non-hydrogen) atoms. The van der Waals surface area contributed by atoms with Gasteiger partial charge >= 0.3 is 12.3 Å². The van der Waals surface area contributed by atoms with Gasteiger partial charge in [-0.15, -0.1) is 8.78 Å². The maximum Gasteiger partial charge on any atom is 0.586 e. The molecule has 2 heterocycles. The molecular formula is C24H16F3NO5. The number of aromatic nitrogens is 1. The van der Waals surface area contributed by atoms with Crippen LogP contribution in [0, 0.1) is 5.82 Å². The topological polar surface area (TPSA) is 85.7 Å². The van der Waals surface area contributed by atoms with Crippen molar-refractivity contribution in [2.75, 3.05) is 0 Å². The summed E-state index contributed by atoms with van der Waals surface area (Å²) in [6.07, 6.45) is -2.59. The number of aromatic carboxylic acids is 1. The Morgan fingerprint density at radius 3 is 2.45 bits per heavy atom. The number of ketones is 1. The number of hydrogen-bond donors (Lipinski definition) is 1. The summed E-state index contributed by atoms with van der Waals surface area (Å²) in [5.41, 5.74) is 0.565. The molecule has 0 amide bonds. The van der Waals surface area contributed by atoms with Crippen molar-refractivity contribution in [2.24, 2.45) is 0 Å². The predicted octanol–water partition coefficient (Wildman–Crippen LogP) is 4.75. The van der Waals surface area contributed by atoms with Gasteiger partial charge in [-0.3, -0.25) is 9.78 Å². The quantitative estimate of drug-likeness (QED) is 0.577. The van der Waals surface area contributed by atoms with Crippen LogP contribution in [0.25, 0.3) is 11.3 Å². The Balaban J connectivity index is 1.37. The fraction of sp³-hybridized carbons (Fsp3) is 0.208. The minimum atomic E-state index is -3.73. The lowest BCUT2D eigenvalue weighted by Gasteiger charge is -2.15. The molecule has 3 aromatic rings. The van der Waals surface area contributed by atoms with Gasteiger partial charge in [0.2, 0.25) is 0 Å². The molecule has 1 fully saturated rings. The van der Waals surface area contributed by atoms with Crippen molar-refractivity contribution in [2.45, 2.75) is 31.0 Å². The second-order valence-electron chi connectivity index (χ2n) is 8.03. The Hall–Kier alpha value is -3.88. The van der Waals surface area contributed by atoms with Crippen molar-refractivity contribution in [1.29, 1.82) is 0 Å². The molecule has 1 aromatic heterocycles. The van der Waals surface area contributed by atoms with E-state index in [0.29, 0.717) is 35.4 Å². The van der Waals surface area contributed by atoms with E-state index in [1.807, 2.05) is 0 Å². The normalized spacial score (nSPS) is 16.9. The third kappa shape index (κ3) is 3.79. The molecule has 2 aromatic carbocycles. The SMILES string of the molecule is O=C(O)c1ccc(-c2cccc(CC(=O)C3(c4ccc5c(c4)OC(F)(F)O5)CC3)n2)cc1F. The van der Waals surface area contributed by atoms with Gasteiger partial charge in [-0.2, -0.15) is 0 Å². The number of Topliss-reactive ketones (excluding diaryl/α,β-unsaturated/α-hetero) is 1. The van der Waals surface area contributed by atoms with E-state index in [4.69, 9.17) is 5.11 Å². The van der Waals surface area contributed by atoms with Crippen LogP contribution < -0.4 is 9.47 Å². The van der Waals surface area contributed by atoms with Gasteiger partial charge in [0.05, 0.1) is 16.7 Å². The minimum absolute atomic E-state index is 0.00582. The van der Waals surface area contributed by atoms with Crippen LogP contribution in [0.3, 0.4) is 0 Å². The zero-order valence-corrected chi connectivity index (χ0v) is 17.0. The Kier molecular flexibility index (Phi) is 4.66. The first-order valence-corrected chi connectivity index (χ1v) is 10.1. The molecule has 9 heteroatoms. The van der Waals surface area contributed by atoms with E-state index in [1.54, 1.807) is 24.3 Å². The number of benzene rings is 2.